The third-order valence-electron chi connectivity index (χ3n) is 3.19. The van der Waals surface area contributed by atoms with E-state index in [-0.39, 0.29) is 0 Å². The maximum atomic E-state index is 5.88. The zero-order valence-corrected chi connectivity index (χ0v) is 9.78. The highest BCUT2D eigenvalue weighted by atomic mass is 35.5. The smallest absolute Gasteiger partial charge is 0.133 e. The zero-order chi connectivity index (χ0) is 11.1. The fraction of sp³-hybridized carbons (Fsp3) is 0.333. The summed E-state index contributed by atoms with van der Waals surface area (Å²) in [7, 11) is 0. The first-order valence-corrected chi connectivity index (χ1v) is 5.76. The molecule has 1 aromatic carbocycles. The molecule has 0 bridgehead atoms. The molecule has 16 heavy (non-hydrogen) atoms. The van der Waals surface area contributed by atoms with Gasteiger partial charge in [0.1, 0.15) is 11.6 Å². The molecule has 0 saturated carbocycles. The molecular weight excluding hydrogens is 222 g/mol. The summed E-state index contributed by atoms with van der Waals surface area (Å²) < 4.78 is 2.19. The van der Waals surface area contributed by atoms with Crippen LogP contribution in [0.4, 0.5) is 0 Å². The normalized spacial score (nSPS) is 18.8. The Hall–Kier alpha value is -1.35. The fourth-order valence-corrected chi connectivity index (χ4v) is 2.40. The Morgan fingerprint density at radius 1 is 1.25 bits per heavy atom. The van der Waals surface area contributed by atoms with Gasteiger partial charge in [0.25, 0.3) is 0 Å². The van der Waals surface area contributed by atoms with Gasteiger partial charge in [-0.25, -0.2) is 0 Å². The molecule has 0 spiro atoms. The number of aromatic nitrogens is 3. The Labute approximate surface area is 99.1 Å². The van der Waals surface area contributed by atoms with E-state index in [0.717, 1.165) is 29.6 Å². The summed E-state index contributed by atoms with van der Waals surface area (Å²) in [5.74, 6) is 2.62. The summed E-state index contributed by atoms with van der Waals surface area (Å²) in [6.07, 6.45) is 0.975. The molecule has 3 rings (SSSR count). The monoisotopic (exact) mass is 233 g/mol. The highest BCUT2D eigenvalue weighted by Gasteiger charge is 2.25. The first kappa shape index (κ1) is 9.85. The number of hydrogen-bond acceptors (Lipinski definition) is 2. The Bertz CT molecular complexity index is 516. The van der Waals surface area contributed by atoms with Crippen molar-refractivity contribution in [3.8, 4) is 0 Å². The second-order valence-electron chi connectivity index (χ2n) is 4.23. The van der Waals surface area contributed by atoms with Crippen LogP contribution in [-0.2, 0) is 13.0 Å². The van der Waals surface area contributed by atoms with Crippen LogP contribution in [0, 0.1) is 6.92 Å². The number of aryl methyl sites for hydroxylation is 1. The Morgan fingerprint density at radius 2 is 2.00 bits per heavy atom. The van der Waals surface area contributed by atoms with Crippen molar-refractivity contribution in [2.24, 2.45) is 0 Å². The fourth-order valence-electron chi connectivity index (χ4n) is 2.28. The quantitative estimate of drug-likeness (QED) is 0.758. The van der Waals surface area contributed by atoms with Crippen molar-refractivity contribution in [3.05, 3.63) is 46.5 Å². The molecule has 1 aromatic heterocycles. The number of benzene rings is 1. The molecule has 2 heterocycles. The van der Waals surface area contributed by atoms with E-state index in [2.05, 4.69) is 26.9 Å². The average Bonchev–Trinajstić information content (AvgIpc) is 2.83. The van der Waals surface area contributed by atoms with Gasteiger partial charge in [-0.05, 0) is 24.6 Å². The lowest BCUT2D eigenvalue weighted by molar-refractivity contribution is 0.632. The molecule has 82 valence electrons. The minimum Gasteiger partial charge on any atom is -0.315 e. The van der Waals surface area contributed by atoms with Crippen LogP contribution in [0.3, 0.4) is 0 Å². The van der Waals surface area contributed by atoms with E-state index in [9.17, 15) is 0 Å². The standard InChI is InChI=1S/C12H12ClN3/c1-8-14-15-12-6-10(7-16(8)12)9-2-4-11(13)5-3-9/h2-5,10H,6-7H2,1H3. The van der Waals surface area contributed by atoms with E-state index in [1.165, 1.54) is 5.56 Å². The van der Waals surface area contributed by atoms with Gasteiger partial charge in [-0.1, -0.05) is 23.7 Å². The van der Waals surface area contributed by atoms with Crippen molar-refractivity contribution < 1.29 is 0 Å². The first-order chi connectivity index (χ1) is 7.74. The van der Waals surface area contributed by atoms with E-state index in [1.807, 2.05) is 19.1 Å². The van der Waals surface area contributed by atoms with E-state index in [0.29, 0.717) is 5.92 Å². The molecule has 0 aliphatic carbocycles. The predicted molar refractivity (Wildman–Crippen MR) is 62.7 cm³/mol. The molecule has 0 amide bonds. The minimum absolute atomic E-state index is 0.515. The number of hydrogen-bond donors (Lipinski definition) is 0. The van der Waals surface area contributed by atoms with Crippen LogP contribution in [0.1, 0.15) is 23.1 Å². The molecular formula is C12H12ClN3. The van der Waals surface area contributed by atoms with Gasteiger partial charge in [0.2, 0.25) is 0 Å². The largest absolute Gasteiger partial charge is 0.315 e. The number of nitrogens with zero attached hydrogens (tertiary/aromatic N) is 3. The summed E-state index contributed by atoms with van der Waals surface area (Å²) in [6.45, 7) is 2.98. The lowest BCUT2D eigenvalue weighted by Crippen LogP contribution is -2.02. The number of halogens is 1. The predicted octanol–water partition coefficient (Wildman–Crippen LogP) is 2.58. The van der Waals surface area contributed by atoms with Crippen molar-refractivity contribution in [1.29, 1.82) is 0 Å². The van der Waals surface area contributed by atoms with Crippen LogP contribution < -0.4 is 0 Å². The van der Waals surface area contributed by atoms with Crippen molar-refractivity contribution in [2.45, 2.75) is 25.8 Å². The lowest BCUT2D eigenvalue weighted by Gasteiger charge is -2.09. The van der Waals surface area contributed by atoms with Gasteiger partial charge in [-0.2, -0.15) is 0 Å². The topological polar surface area (TPSA) is 30.7 Å². The van der Waals surface area contributed by atoms with Crippen molar-refractivity contribution in [2.75, 3.05) is 0 Å². The van der Waals surface area contributed by atoms with Crippen LogP contribution in [0.5, 0.6) is 0 Å². The van der Waals surface area contributed by atoms with Gasteiger partial charge in [0, 0.05) is 23.9 Å². The van der Waals surface area contributed by atoms with Gasteiger partial charge in [-0.3, -0.25) is 0 Å². The Balaban J connectivity index is 1.88. The summed E-state index contributed by atoms with van der Waals surface area (Å²) in [4.78, 5) is 0. The second kappa shape index (κ2) is 3.59. The maximum absolute atomic E-state index is 5.88. The van der Waals surface area contributed by atoms with E-state index >= 15 is 0 Å². The summed E-state index contributed by atoms with van der Waals surface area (Å²) in [5, 5.41) is 9.04. The number of fused-ring (bicyclic) bond motifs is 1. The average molecular weight is 234 g/mol. The first-order valence-electron chi connectivity index (χ1n) is 5.38. The molecule has 0 fully saturated rings. The summed E-state index contributed by atoms with van der Waals surface area (Å²) >= 11 is 5.88. The van der Waals surface area contributed by atoms with Gasteiger partial charge in [0.15, 0.2) is 0 Å². The highest BCUT2D eigenvalue weighted by Crippen LogP contribution is 2.29. The van der Waals surface area contributed by atoms with Crippen molar-refractivity contribution in [3.63, 3.8) is 0 Å². The van der Waals surface area contributed by atoms with Crippen LogP contribution >= 0.6 is 11.6 Å². The van der Waals surface area contributed by atoms with Crippen molar-refractivity contribution >= 4 is 11.6 Å². The molecule has 0 saturated heterocycles. The lowest BCUT2D eigenvalue weighted by atomic mass is 9.98. The minimum atomic E-state index is 0.515. The molecule has 0 radical (unpaired) electrons. The SMILES string of the molecule is Cc1nnc2n1CC(c1ccc(Cl)cc1)C2. The van der Waals surface area contributed by atoms with E-state index in [1.54, 1.807) is 0 Å². The Morgan fingerprint density at radius 3 is 2.69 bits per heavy atom. The second-order valence-corrected chi connectivity index (χ2v) is 4.66. The molecule has 1 aliphatic heterocycles. The maximum Gasteiger partial charge on any atom is 0.133 e. The molecule has 3 nitrogen and oxygen atoms in total. The van der Waals surface area contributed by atoms with Crippen LogP contribution in [-0.4, -0.2) is 14.8 Å². The third kappa shape index (κ3) is 1.52. The molecule has 1 atom stereocenters. The number of rotatable bonds is 1. The molecule has 4 heteroatoms. The van der Waals surface area contributed by atoms with Crippen LogP contribution in [0.25, 0.3) is 0 Å². The highest BCUT2D eigenvalue weighted by molar-refractivity contribution is 6.30. The van der Waals surface area contributed by atoms with Gasteiger partial charge >= 0.3 is 0 Å². The summed E-state index contributed by atoms with van der Waals surface area (Å²) in [6, 6.07) is 8.09. The van der Waals surface area contributed by atoms with Crippen LogP contribution in [0.2, 0.25) is 5.02 Å². The zero-order valence-electron chi connectivity index (χ0n) is 9.02. The van der Waals surface area contributed by atoms with Crippen LogP contribution in [0.15, 0.2) is 24.3 Å². The van der Waals surface area contributed by atoms with E-state index in [4.69, 9.17) is 11.6 Å². The van der Waals surface area contributed by atoms with Crippen molar-refractivity contribution in [1.82, 2.24) is 14.8 Å². The van der Waals surface area contributed by atoms with E-state index < -0.39 is 0 Å². The van der Waals surface area contributed by atoms with Gasteiger partial charge < -0.3 is 4.57 Å². The van der Waals surface area contributed by atoms with Gasteiger partial charge in [0.05, 0.1) is 0 Å². The molecule has 1 aliphatic rings. The molecule has 1 unspecified atom stereocenters. The Kier molecular flexibility index (Phi) is 2.21. The van der Waals surface area contributed by atoms with Gasteiger partial charge in [-0.15, -0.1) is 10.2 Å². The summed E-state index contributed by atoms with van der Waals surface area (Å²) in [5.41, 5.74) is 1.33. The molecule has 0 N–H and O–H groups in total. The molecule has 2 aromatic rings. The third-order valence-corrected chi connectivity index (χ3v) is 3.44.